The van der Waals surface area contributed by atoms with Crippen LogP contribution in [0.2, 0.25) is 5.02 Å². The number of amides is 1. The van der Waals surface area contributed by atoms with E-state index < -0.39 is 5.97 Å². The molecule has 1 N–H and O–H groups in total. The predicted molar refractivity (Wildman–Crippen MR) is 79.9 cm³/mol. The highest BCUT2D eigenvalue weighted by Gasteiger charge is 2.17. The second-order valence-corrected chi connectivity index (χ2v) is 4.94. The third-order valence-corrected chi connectivity index (χ3v) is 3.35. The Morgan fingerprint density at radius 2 is 2.19 bits per heavy atom. The lowest BCUT2D eigenvalue weighted by Gasteiger charge is -2.23. The van der Waals surface area contributed by atoms with E-state index in [0.717, 1.165) is 6.08 Å². The minimum Gasteiger partial charge on any atom is -0.478 e. The Hall–Kier alpha value is -2.32. The van der Waals surface area contributed by atoms with E-state index in [1.807, 2.05) is 6.07 Å². The van der Waals surface area contributed by atoms with Gasteiger partial charge in [0.15, 0.2) is 0 Å². The minimum absolute atomic E-state index is 0.201. The summed E-state index contributed by atoms with van der Waals surface area (Å²) in [6.45, 7) is 1.78. The van der Waals surface area contributed by atoms with Gasteiger partial charge >= 0.3 is 5.97 Å². The smallest absolute Gasteiger partial charge is 0.328 e. The summed E-state index contributed by atoms with van der Waals surface area (Å²) < 4.78 is 0. The van der Waals surface area contributed by atoms with Crippen LogP contribution in [0.15, 0.2) is 24.3 Å². The van der Waals surface area contributed by atoms with Crippen molar-refractivity contribution in [3.05, 3.63) is 40.4 Å². The van der Waals surface area contributed by atoms with E-state index in [2.05, 4.69) is 0 Å². The maximum atomic E-state index is 12.2. The van der Waals surface area contributed by atoms with Gasteiger partial charge in [-0.2, -0.15) is 5.26 Å². The summed E-state index contributed by atoms with van der Waals surface area (Å²) in [5.41, 5.74) is 0.906. The van der Waals surface area contributed by atoms with Gasteiger partial charge in [-0.05, 0) is 30.7 Å². The van der Waals surface area contributed by atoms with Crippen molar-refractivity contribution >= 4 is 29.6 Å². The SMILES string of the molecule is CC(CC#N)N(C)C(=O)c1ccc(/C=C/C(=O)O)c(Cl)c1. The normalized spacial score (nSPS) is 11.9. The quantitative estimate of drug-likeness (QED) is 0.848. The van der Waals surface area contributed by atoms with Gasteiger partial charge in [-0.15, -0.1) is 0 Å². The van der Waals surface area contributed by atoms with E-state index in [4.69, 9.17) is 22.0 Å². The first-order chi connectivity index (χ1) is 9.86. The number of carbonyl (C=O) groups is 2. The number of hydrogen-bond acceptors (Lipinski definition) is 3. The molecule has 0 aliphatic heterocycles. The molecule has 21 heavy (non-hydrogen) atoms. The Morgan fingerprint density at radius 3 is 2.71 bits per heavy atom. The molecule has 0 fully saturated rings. The van der Waals surface area contributed by atoms with Gasteiger partial charge in [0.05, 0.1) is 12.5 Å². The number of carboxylic acid groups (broad SMARTS) is 1. The van der Waals surface area contributed by atoms with E-state index in [1.54, 1.807) is 26.1 Å². The van der Waals surface area contributed by atoms with Gasteiger partial charge in [0.1, 0.15) is 0 Å². The van der Waals surface area contributed by atoms with Crippen LogP contribution in [-0.4, -0.2) is 35.0 Å². The lowest BCUT2D eigenvalue weighted by atomic mass is 10.1. The van der Waals surface area contributed by atoms with Crippen LogP contribution < -0.4 is 0 Å². The first-order valence-electron chi connectivity index (χ1n) is 6.21. The Morgan fingerprint density at radius 1 is 1.52 bits per heavy atom. The number of carbonyl (C=O) groups excluding carboxylic acids is 1. The fourth-order valence-corrected chi connectivity index (χ4v) is 1.87. The number of halogens is 1. The van der Waals surface area contributed by atoms with Gasteiger partial charge in [0.2, 0.25) is 0 Å². The van der Waals surface area contributed by atoms with Gasteiger partial charge in [0.25, 0.3) is 5.91 Å². The van der Waals surface area contributed by atoms with E-state index in [-0.39, 0.29) is 18.4 Å². The summed E-state index contributed by atoms with van der Waals surface area (Å²) in [5.74, 6) is -1.32. The van der Waals surface area contributed by atoms with Crippen molar-refractivity contribution in [3.63, 3.8) is 0 Å². The third kappa shape index (κ3) is 4.62. The van der Waals surface area contributed by atoms with Crippen LogP contribution in [0.25, 0.3) is 6.08 Å². The lowest BCUT2D eigenvalue weighted by molar-refractivity contribution is -0.131. The molecule has 0 aromatic heterocycles. The molecule has 0 bridgehead atoms. The number of aliphatic carboxylic acids is 1. The molecule has 0 heterocycles. The number of carboxylic acids is 1. The van der Waals surface area contributed by atoms with Crippen LogP contribution in [0.5, 0.6) is 0 Å². The number of nitriles is 1. The predicted octanol–water partition coefficient (Wildman–Crippen LogP) is 2.81. The molecule has 0 radical (unpaired) electrons. The summed E-state index contributed by atoms with van der Waals surface area (Å²) in [6.07, 6.45) is 2.58. The van der Waals surface area contributed by atoms with Crippen LogP contribution in [-0.2, 0) is 4.79 Å². The van der Waals surface area contributed by atoms with Crippen LogP contribution >= 0.6 is 11.6 Å². The number of nitrogens with zero attached hydrogens (tertiary/aromatic N) is 2. The van der Waals surface area contributed by atoms with E-state index >= 15 is 0 Å². The standard InChI is InChI=1S/C15H15ClN2O3/c1-10(7-8-17)18(2)15(21)12-4-3-11(13(16)9-12)5-6-14(19)20/h3-6,9-10H,7H2,1-2H3,(H,19,20)/b6-5+. The minimum atomic E-state index is -1.07. The van der Waals surface area contributed by atoms with E-state index in [9.17, 15) is 9.59 Å². The van der Waals surface area contributed by atoms with E-state index in [1.165, 1.54) is 17.0 Å². The van der Waals surface area contributed by atoms with Crippen molar-refractivity contribution in [1.29, 1.82) is 5.26 Å². The van der Waals surface area contributed by atoms with E-state index in [0.29, 0.717) is 16.1 Å². The summed E-state index contributed by atoms with van der Waals surface area (Å²) >= 11 is 6.04. The topological polar surface area (TPSA) is 81.4 Å². The molecule has 5 nitrogen and oxygen atoms in total. The average molecular weight is 307 g/mol. The van der Waals surface area contributed by atoms with Gasteiger partial charge in [0, 0.05) is 29.8 Å². The molecule has 0 saturated heterocycles. The molecule has 0 spiro atoms. The molecule has 6 heteroatoms. The first-order valence-corrected chi connectivity index (χ1v) is 6.59. The molecule has 0 saturated carbocycles. The zero-order valence-electron chi connectivity index (χ0n) is 11.7. The molecule has 0 aliphatic rings. The molecule has 1 amide bonds. The van der Waals surface area contributed by atoms with Gasteiger partial charge in [-0.25, -0.2) is 4.79 Å². The van der Waals surface area contributed by atoms with Gasteiger partial charge in [-0.3, -0.25) is 4.79 Å². The second-order valence-electron chi connectivity index (χ2n) is 4.54. The van der Waals surface area contributed by atoms with Crippen molar-refractivity contribution < 1.29 is 14.7 Å². The Labute approximate surface area is 128 Å². The fraction of sp³-hybridized carbons (Fsp3) is 0.267. The number of benzene rings is 1. The number of rotatable bonds is 5. The van der Waals surface area contributed by atoms with Gasteiger partial charge < -0.3 is 10.0 Å². The second kappa shape index (κ2) is 7.46. The van der Waals surface area contributed by atoms with Crippen molar-refractivity contribution in [2.24, 2.45) is 0 Å². The van der Waals surface area contributed by atoms with Crippen molar-refractivity contribution in [3.8, 4) is 6.07 Å². The molecular formula is C15H15ClN2O3. The third-order valence-electron chi connectivity index (χ3n) is 3.02. The first kappa shape index (κ1) is 16.7. The highest BCUT2D eigenvalue weighted by atomic mass is 35.5. The molecular weight excluding hydrogens is 292 g/mol. The highest BCUT2D eigenvalue weighted by molar-refractivity contribution is 6.32. The largest absolute Gasteiger partial charge is 0.478 e. The lowest BCUT2D eigenvalue weighted by Crippen LogP contribution is -2.34. The van der Waals surface area contributed by atoms with Crippen molar-refractivity contribution in [2.45, 2.75) is 19.4 Å². The Bertz CT molecular complexity index is 620. The van der Waals surface area contributed by atoms with Crippen LogP contribution in [0, 0.1) is 11.3 Å². The zero-order chi connectivity index (χ0) is 16.0. The molecule has 0 aliphatic carbocycles. The van der Waals surface area contributed by atoms with Crippen LogP contribution in [0.3, 0.4) is 0 Å². The maximum absolute atomic E-state index is 12.2. The molecule has 110 valence electrons. The van der Waals surface area contributed by atoms with Crippen LogP contribution in [0.1, 0.15) is 29.3 Å². The average Bonchev–Trinajstić information content (AvgIpc) is 2.44. The zero-order valence-corrected chi connectivity index (χ0v) is 12.5. The van der Waals surface area contributed by atoms with Crippen LogP contribution in [0.4, 0.5) is 0 Å². The molecule has 1 atom stereocenters. The summed E-state index contributed by atoms with van der Waals surface area (Å²) in [4.78, 5) is 24.2. The molecule has 1 rings (SSSR count). The molecule has 1 unspecified atom stereocenters. The van der Waals surface area contributed by atoms with Crippen molar-refractivity contribution in [2.75, 3.05) is 7.05 Å². The molecule has 1 aromatic carbocycles. The Balaban J connectivity index is 2.96. The number of hydrogen-bond donors (Lipinski definition) is 1. The summed E-state index contributed by atoms with van der Waals surface area (Å²) in [7, 11) is 1.62. The van der Waals surface area contributed by atoms with Crippen molar-refractivity contribution in [1.82, 2.24) is 4.90 Å². The highest BCUT2D eigenvalue weighted by Crippen LogP contribution is 2.20. The maximum Gasteiger partial charge on any atom is 0.328 e. The Kier molecular flexibility index (Phi) is 5.94. The van der Waals surface area contributed by atoms with Gasteiger partial charge in [-0.1, -0.05) is 17.7 Å². The monoisotopic (exact) mass is 306 g/mol. The summed E-state index contributed by atoms with van der Waals surface area (Å²) in [5, 5.41) is 17.5. The molecule has 1 aromatic rings. The summed E-state index contributed by atoms with van der Waals surface area (Å²) in [6, 6.07) is 6.46. The fourth-order valence-electron chi connectivity index (χ4n) is 1.63.